The van der Waals surface area contributed by atoms with Crippen LogP contribution in [0.25, 0.3) is 16.6 Å². The van der Waals surface area contributed by atoms with Crippen LogP contribution in [0.4, 0.5) is 5.69 Å². The minimum Gasteiger partial charge on any atom is -0.509 e. The minimum atomic E-state index is -0.558. The lowest BCUT2D eigenvalue weighted by molar-refractivity contribution is -0.117. The zero-order chi connectivity index (χ0) is 21.8. The highest BCUT2D eigenvalue weighted by atomic mass is 16.3. The van der Waals surface area contributed by atoms with Gasteiger partial charge in [0, 0.05) is 5.69 Å². The lowest BCUT2D eigenvalue weighted by atomic mass is 10.1. The van der Waals surface area contributed by atoms with E-state index in [-0.39, 0.29) is 23.8 Å². The second-order valence-corrected chi connectivity index (χ2v) is 7.36. The highest BCUT2D eigenvalue weighted by Gasteiger charge is 2.22. The van der Waals surface area contributed by atoms with Crippen molar-refractivity contribution in [2.45, 2.75) is 26.8 Å². The molecule has 1 heterocycles. The quantitative estimate of drug-likeness (QED) is 0.427. The number of aromatic nitrogens is 2. The largest absolute Gasteiger partial charge is 0.509 e. The Labute approximate surface area is 175 Å². The number of aliphatic hydroxyl groups excluding tert-OH is 1. The molecule has 0 saturated carbocycles. The number of carbonyl (C=O) groups is 1. The van der Waals surface area contributed by atoms with Gasteiger partial charge < -0.3 is 15.4 Å². The second kappa shape index (κ2) is 8.80. The summed E-state index contributed by atoms with van der Waals surface area (Å²) in [5.41, 5.74) is 4.42. The first-order valence-corrected chi connectivity index (χ1v) is 9.66. The van der Waals surface area contributed by atoms with Gasteiger partial charge in [0.2, 0.25) is 5.91 Å². The number of likely N-dealkylation sites (N-methyl/N-ethyl adjacent to an activating group) is 1. The molecule has 3 aromatic rings. The summed E-state index contributed by atoms with van der Waals surface area (Å²) in [6, 6.07) is 14.6. The van der Waals surface area contributed by atoms with E-state index in [2.05, 4.69) is 15.3 Å². The molecule has 7 nitrogen and oxygen atoms in total. The Morgan fingerprint density at radius 2 is 2.00 bits per heavy atom. The smallest absolute Gasteiger partial charge is 0.238 e. The maximum atomic E-state index is 12.5. The molecule has 0 fully saturated rings. The van der Waals surface area contributed by atoms with Gasteiger partial charge in [0.05, 0.1) is 23.6 Å². The van der Waals surface area contributed by atoms with E-state index in [1.54, 1.807) is 18.9 Å². The summed E-state index contributed by atoms with van der Waals surface area (Å²) >= 11 is 0. The van der Waals surface area contributed by atoms with Gasteiger partial charge in [0.25, 0.3) is 0 Å². The summed E-state index contributed by atoms with van der Waals surface area (Å²) in [6.45, 7) is 5.74. The number of nitriles is 1. The topological polar surface area (TPSA) is 105 Å². The number of hydrogen-bond donors (Lipinski definition) is 3. The first kappa shape index (κ1) is 21.1. The molecule has 0 spiro atoms. The van der Waals surface area contributed by atoms with Crippen molar-refractivity contribution in [3.8, 4) is 6.07 Å². The van der Waals surface area contributed by atoms with Crippen molar-refractivity contribution >= 4 is 28.2 Å². The van der Waals surface area contributed by atoms with Crippen molar-refractivity contribution in [1.29, 1.82) is 5.26 Å². The van der Waals surface area contributed by atoms with Crippen LogP contribution in [0.15, 0.2) is 48.2 Å². The van der Waals surface area contributed by atoms with Crippen LogP contribution >= 0.6 is 0 Å². The zero-order valence-electron chi connectivity index (χ0n) is 17.5. The van der Waals surface area contributed by atoms with Crippen molar-refractivity contribution in [1.82, 2.24) is 14.9 Å². The summed E-state index contributed by atoms with van der Waals surface area (Å²) in [5.74, 6) is -0.0389. The number of H-pyrrole nitrogens is 1. The number of aryl methyl sites for hydroxylation is 1. The van der Waals surface area contributed by atoms with E-state index in [4.69, 9.17) is 0 Å². The SMILES string of the molecule is Cc1cccc(NC(=O)CN(C)[C@H](C)/C(O)=C(\C#N)c2nc3ccccc3[nH]2)c1C. The van der Waals surface area contributed by atoms with Gasteiger partial charge in [0.15, 0.2) is 5.82 Å². The molecule has 0 radical (unpaired) electrons. The number of amides is 1. The Hall–Kier alpha value is -3.63. The maximum absolute atomic E-state index is 12.5. The van der Waals surface area contributed by atoms with Crippen molar-refractivity contribution in [3.05, 3.63) is 65.2 Å². The molecule has 7 heteroatoms. The van der Waals surface area contributed by atoms with Gasteiger partial charge in [-0.2, -0.15) is 5.26 Å². The molecular formula is C23H25N5O2. The summed E-state index contributed by atoms with van der Waals surface area (Å²) < 4.78 is 0. The Morgan fingerprint density at radius 3 is 2.70 bits per heavy atom. The number of anilines is 1. The third-order valence-corrected chi connectivity index (χ3v) is 5.32. The van der Waals surface area contributed by atoms with Crippen LogP contribution in [0.2, 0.25) is 0 Å². The number of nitrogens with zero attached hydrogens (tertiary/aromatic N) is 3. The number of imidazole rings is 1. The number of nitrogens with one attached hydrogen (secondary N) is 2. The van der Waals surface area contributed by atoms with E-state index in [9.17, 15) is 15.2 Å². The first-order valence-electron chi connectivity index (χ1n) is 9.66. The first-order chi connectivity index (χ1) is 14.3. The normalized spacial score (nSPS) is 13.1. The monoisotopic (exact) mass is 403 g/mol. The van der Waals surface area contributed by atoms with E-state index < -0.39 is 6.04 Å². The lowest BCUT2D eigenvalue weighted by Crippen LogP contribution is -2.38. The summed E-state index contributed by atoms with van der Waals surface area (Å²) in [4.78, 5) is 21.6. The van der Waals surface area contributed by atoms with Gasteiger partial charge in [0.1, 0.15) is 17.4 Å². The van der Waals surface area contributed by atoms with E-state index >= 15 is 0 Å². The molecule has 30 heavy (non-hydrogen) atoms. The zero-order valence-corrected chi connectivity index (χ0v) is 17.5. The van der Waals surface area contributed by atoms with Crippen molar-refractivity contribution in [2.75, 3.05) is 18.9 Å². The third-order valence-electron chi connectivity index (χ3n) is 5.32. The summed E-state index contributed by atoms with van der Waals surface area (Å²) in [6.07, 6.45) is 0. The number of hydrogen-bond acceptors (Lipinski definition) is 5. The van der Waals surface area contributed by atoms with Gasteiger partial charge >= 0.3 is 0 Å². The van der Waals surface area contributed by atoms with Gasteiger partial charge in [-0.1, -0.05) is 24.3 Å². The molecule has 3 rings (SSSR count). The molecule has 0 bridgehead atoms. The predicted octanol–water partition coefficient (Wildman–Crippen LogP) is 3.93. The van der Waals surface area contributed by atoms with Crippen LogP contribution in [-0.2, 0) is 4.79 Å². The fourth-order valence-corrected chi connectivity index (χ4v) is 3.16. The molecule has 1 amide bonds. The summed E-state index contributed by atoms with van der Waals surface area (Å²) in [7, 11) is 1.72. The molecule has 0 unspecified atom stereocenters. The molecule has 1 aromatic heterocycles. The highest BCUT2D eigenvalue weighted by molar-refractivity contribution is 5.93. The average Bonchev–Trinajstić information content (AvgIpc) is 3.14. The number of aliphatic hydroxyl groups is 1. The van der Waals surface area contributed by atoms with Crippen LogP contribution in [-0.4, -0.2) is 45.5 Å². The minimum absolute atomic E-state index is 0.0530. The highest BCUT2D eigenvalue weighted by Crippen LogP contribution is 2.22. The number of fused-ring (bicyclic) bond motifs is 1. The van der Waals surface area contributed by atoms with Gasteiger partial charge in [-0.05, 0) is 57.1 Å². The number of allylic oxidation sites excluding steroid dienone is 1. The predicted molar refractivity (Wildman–Crippen MR) is 118 cm³/mol. The van der Waals surface area contributed by atoms with E-state index in [0.717, 1.165) is 22.3 Å². The van der Waals surface area contributed by atoms with E-state index in [1.807, 2.05) is 62.4 Å². The average molecular weight is 403 g/mol. The molecule has 1 atom stereocenters. The van der Waals surface area contributed by atoms with E-state index in [1.165, 1.54) is 0 Å². The molecule has 0 aliphatic rings. The van der Waals surface area contributed by atoms with Crippen LogP contribution in [0.5, 0.6) is 0 Å². The number of benzene rings is 2. The van der Waals surface area contributed by atoms with Crippen molar-refractivity contribution < 1.29 is 9.90 Å². The molecule has 0 aliphatic carbocycles. The third kappa shape index (κ3) is 4.34. The Balaban J connectivity index is 1.76. The number of para-hydroxylation sites is 2. The lowest BCUT2D eigenvalue weighted by Gasteiger charge is -2.24. The Kier molecular flexibility index (Phi) is 6.19. The summed E-state index contributed by atoms with van der Waals surface area (Å²) in [5, 5.41) is 23.3. The standard InChI is InChI=1S/C23H25N5O2/c1-14-8-7-11-18(15(14)2)25-21(29)13-28(4)16(3)22(30)17(12-24)23-26-19-9-5-6-10-20(19)27-23/h5-11,16,30H,13H2,1-4H3,(H,25,29)(H,26,27)/b22-17-/t16-/m1/s1. The molecule has 154 valence electrons. The van der Waals surface area contributed by atoms with Crippen molar-refractivity contribution in [2.24, 2.45) is 0 Å². The molecule has 0 saturated heterocycles. The van der Waals surface area contributed by atoms with Crippen molar-refractivity contribution in [3.63, 3.8) is 0 Å². The molecule has 3 N–H and O–H groups in total. The van der Waals surface area contributed by atoms with Crippen LogP contribution in [0.3, 0.4) is 0 Å². The Morgan fingerprint density at radius 1 is 1.27 bits per heavy atom. The fraction of sp³-hybridized carbons (Fsp3) is 0.261. The van der Waals surface area contributed by atoms with Crippen LogP contribution in [0, 0.1) is 25.2 Å². The van der Waals surface area contributed by atoms with Crippen LogP contribution in [0.1, 0.15) is 23.9 Å². The molecular weight excluding hydrogens is 378 g/mol. The van der Waals surface area contributed by atoms with Gasteiger partial charge in [-0.3, -0.25) is 9.69 Å². The molecule has 2 aromatic carbocycles. The fourth-order valence-electron chi connectivity index (χ4n) is 3.16. The maximum Gasteiger partial charge on any atom is 0.238 e. The Bertz CT molecular complexity index is 1120. The van der Waals surface area contributed by atoms with Gasteiger partial charge in [-0.25, -0.2) is 4.98 Å². The van der Waals surface area contributed by atoms with E-state index in [0.29, 0.717) is 11.3 Å². The molecule has 0 aliphatic heterocycles. The number of carbonyl (C=O) groups excluding carboxylic acids is 1. The van der Waals surface area contributed by atoms with Gasteiger partial charge in [-0.15, -0.1) is 0 Å². The number of rotatable bonds is 6. The van der Waals surface area contributed by atoms with Crippen LogP contribution < -0.4 is 5.32 Å². The second-order valence-electron chi connectivity index (χ2n) is 7.36. The number of aromatic amines is 1.